The van der Waals surface area contributed by atoms with Crippen LogP contribution < -0.4 is 0 Å². The van der Waals surface area contributed by atoms with Gasteiger partial charge in [0.1, 0.15) is 0 Å². The van der Waals surface area contributed by atoms with Gasteiger partial charge in [0.15, 0.2) is 0 Å². The van der Waals surface area contributed by atoms with Crippen molar-refractivity contribution in [2.24, 2.45) is 11.0 Å². The third-order valence-corrected chi connectivity index (χ3v) is 3.18. The van der Waals surface area contributed by atoms with Crippen LogP contribution in [0.4, 0.5) is 0 Å². The van der Waals surface area contributed by atoms with Gasteiger partial charge in [-0.25, -0.2) is 0 Å². The topological polar surface area (TPSA) is 18.8 Å². The summed E-state index contributed by atoms with van der Waals surface area (Å²) < 4.78 is 0. The minimum atomic E-state index is 0.507. The van der Waals surface area contributed by atoms with E-state index < -0.39 is 0 Å². The van der Waals surface area contributed by atoms with Crippen molar-refractivity contribution in [1.29, 1.82) is 0 Å². The lowest BCUT2D eigenvalue weighted by molar-refractivity contribution is 0.223. The van der Waals surface area contributed by atoms with Crippen LogP contribution in [0, 0.1) is 5.92 Å². The highest BCUT2D eigenvalue weighted by Gasteiger charge is 2.23. The predicted octanol–water partition coefficient (Wildman–Crippen LogP) is 2.04. The molecule has 1 rings (SSSR count). The minimum Gasteiger partial charge on any atom is -0.303 e. The first-order chi connectivity index (χ1) is 7.11. The Labute approximate surface area is 94.1 Å². The predicted molar refractivity (Wildman–Crippen MR) is 66.2 cm³/mol. The first kappa shape index (κ1) is 12.5. The van der Waals surface area contributed by atoms with Gasteiger partial charge in [-0.2, -0.15) is 5.10 Å². The normalized spacial score (nSPS) is 21.1. The second-order valence-electron chi connectivity index (χ2n) is 4.96. The third kappa shape index (κ3) is 4.20. The Kier molecular flexibility index (Phi) is 5.09. The van der Waals surface area contributed by atoms with Gasteiger partial charge in [-0.3, -0.25) is 0 Å². The van der Waals surface area contributed by atoms with E-state index in [0.717, 1.165) is 5.92 Å². The Morgan fingerprint density at radius 3 is 2.13 bits per heavy atom. The van der Waals surface area contributed by atoms with Crippen LogP contribution in [0.2, 0.25) is 0 Å². The lowest BCUT2D eigenvalue weighted by atomic mass is 9.84. The summed E-state index contributed by atoms with van der Waals surface area (Å²) in [5, 5.41) is 6.26. The molecule has 88 valence electrons. The fourth-order valence-corrected chi connectivity index (χ4v) is 2.35. The summed E-state index contributed by atoms with van der Waals surface area (Å²) in [4.78, 5) is 2.29. The average Bonchev–Trinajstić information content (AvgIpc) is 2.18. The largest absolute Gasteiger partial charge is 0.303 e. The molecule has 0 aliphatic heterocycles. The van der Waals surface area contributed by atoms with E-state index in [2.05, 4.69) is 30.3 Å². The fraction of sp³-hybridized carbons (Fsp3) is 0.917. The number of hydrogen-bond acceptors (Lipinski definition) is 3. The Morgan fingerprint density at radius 1 is 1.07 bits per heavy atom. The maximum atomic E-state index is 4.39. The summed E-state index contributed by atoms with van der Waals surface area (Å²) in [5.41, 5.74) is 0. The number of nitrogens with zero attached hydrogens (tertiary/aromatic N) is 3. The molecule has 3 heteroatoms. The maximum absolute atomic E-state index is 4.39. The molecule has 0 spiro atoms. The quantitative estimate of drug-likeness (QED) is 0.523. The molecule has 3 nitrogen and oxygen atoms in total. The molecule has 0 heterocycles. The van der Waals surface area contributed by atoms with Crippen molar-refractivity contribution in [2.45, 2.75) is 38.1 Å². The van der Waals surface area contributed by atoms with Crippen molar-refractivity contribution in [2.75, 3.05) is 28.2 Å². The van der Waals surface area contributed by atoms with Crippen LogP contribution >= 0.6 is 0 Å². The van der Waals surface area contributed by atoms with Crippen LogP contribution in [0.5, 0.6) is 0 Å². The van der Waals surface area contributed by atoms with Gasteiger partial charge in [-0.15, -0.1) is 0 Å². The molecule has 0 aromatic heterocycles. The van der Waals surface area contributed by atoms with Crippen LogP contribution in [0.25, 0.3) is 0 Å². The van der Waals surface area contributed by atoms with E-state index >= 15 is 0 Å². The highest BCUT2D eigenvalue weighted by molar-refractivity contribution is 5.64. The van der Waals surface area contributed by atoms with Gasteiger partial charge in [-0.05, 0) is 32.9 Å². The van der Waals surface area contributed by atoms with Crippen molar-refractivity contribution in [3.05, 3.63) is 0 Å². The van der Waals surface area contributed by atoms with Gasteiger partial charge in [0.05, 0.1) is 0 Å². The summed E-state index contributed by atoms with van der Waals surface area (Å²) >= 11 is 0. The van der Waals surface area contributed by atoms with Gasteiger partial charge in [0.25, 0.3) is 0 Å². The van der Waals surface area contributed by atoms with Crippen LogP contribution in [0.3, 0.4) is 0 Å². The molecule has 1 unspecified atom stereocenters. The van der Waals surface area contributed by atoms with Crippen LogP contribution in [-0.2, 0) is 0 Å². The van der Waals surface area contributed by atoms with E-state index in [0.29, 0.717) is 6.04 Å². The molecule has 0 N–H and O–H groups in total. The second kappa shape index (κ2) is 6.11. The molecule has 1 aliphatic carbocycles. The van der Waals surface area contributed by atoms with E-state index in [1.54, 1.807) is 0 Å². The SMILES string of the molecule is CN(C)/N=C/C(C1CCCCC1)N(C)C. The van der Waals surface area contributed by atoms with Crippen molar-refractivity contribution >= 4 is 6.21 Å². The molecule has 1 atom stereocenters. The first-order valence-electron chi connectivity index (χ1n) is 5.99. The molecule has 0 bridgehead atoms. The van der Waals surface area contributed by atoms with Crippen LogP contribution in [-0.4, -0.2) is 50.4 Å². The number of rotatable bonds is 4. The van der Waals surface area contributed by atoms with Crippen LogP contribution in [0.15, 0.2) is 5.10 Å². The van der Waals surface area contributed by atoms with Gasteiger partial charge in [0.2, 0.25) is 0 Å². The van der Waals surface area contributed by atoms with Crippen molar-refractivity contribution in [1.82, 2.24) is 9.91 Å². The zero-order valence-electron chi connectivity index (χ0n) is 10.6. The molecule has 1 aliphatic rings. The highest BCUT2D eigenvalue weighted by Crippen LogP contribution is 2.27. The van der Waals surface area contributed by atoms with Crippen molar-refractivity contribution in [3.8, 4) is 0 Å². The zero-order valence-corrected chi connectivity index (χ0v) is 10.6. The molecular weight excluding hydrogens is 186 g/mol. The zero-order chi connectivity index (χ0) is 11.3. The number of hydrogen-bond donors (Lipinski definition) is 0. The lowest BCUT2D eigenvalue weighted by Crippen LogP contribution is -2.38. The van der Waals surface area contributed by atoms with Gasteiger partial charge in [0, 0.05) is 26.4 Å². The standard InChI is InChI=1S/C12H25N3/c1-14(2)12(10-13-15(3)4)11-8-6-5-7-9-11/h10-12H,5-9H2,1-4H3/b13-10+. The van der Waals surface area contributed by atoms with E-state index in [9.17, 15) is 0 Å². The Balaban J connectivity index is 2.55. The smallest absolute Gasteiger partial charge is 0.0491 e. The van der Waals surface area contributed by atoms with E-state index in [-0.39, 0.29) is 0 Å². The molecule has 0 aromatic rings. The van der Waals surface area contributed by atoms with Gasteiger partial charge >= 0.3 is 0 Å². The number of hydrazone groups is 1. The first-order valence-corrected chi connectivity index (χ1v) is 5.99. The molecule has 15 heavy (non-hydrogen) atoms. The van der Waals surface area contributed by atoms with Gasteiger partial charge < -0.3 is 9.91 Å². The molecular formula is C12H25N3. The second-order valence-corrected chi connectivity index (χ2v) is 4.96. The van der Waals surface area contributed by atoms with Crippen LogP contribution in [0.1, 0.15) is 32.1 Å². The van der Waals surface area contributed by atoms with Crippen molar-refractivity contribution < 1.29 is 0 Å². The molecule has 0 amide bonds. The molecule has 1 fully saturated rings. The van der Waals surface area contributed by atoms with E-state index in [1.165, 1.54) is 32.1 Å². The highest BCUT2D eigenvalue weighted by atomic mass is 15.4. The average molecular weight is 211 g/mol. The van der Waals surface area contributed by atoms with Crippen molar-refractivity contribution in [3.63, 3.8) is 0 Å². The lowest BCUT2D eigenvalue weighted by Gasteiger charge is -2.32. The van der Waals surface area contributed by atoms with E-state index in [1.807, 2.05) is 19.1 Å². The molecule has 0 radical (unpaired) electrons. The monoisotopic (exact) mass is 211 g/mol. The summed E-state index contributed by atoms with van der Waals surface area (Å²) in [5.74, 6) is 0.803. The maximum Gasteiger partial charge on any atom is 0.0491 e. The Bertz CT molecular complexity index is 193. The summed E-state index contributed by atoms with van der Waals surface area (Å²) in [6, 6.07) is 0.507. The van der Waals surface area contributed by atoms with Gasteiger partial charge in [-0.1, -0.05) is 19.3 Å². The fourth-order valence-electron chi connectivity index (χ4n) is 2.35. The summed E-state index contributed by atoms with van der Waals surface area (Å²) in [6.07, 6.45) is 9.04. The molecule has 0 saturated heterocycles. The Morgan fingerprint density at radius 2 is 1.67 bits per heavy atom. The summed E-state index contributed by atoms with van der Waals surface area (Å²) in [7, 11) is 8.26. The van der Waals surface area contributed by atoms with E-state index in [4.69, 9.17) is 0 Å². The molecule has 1 saturated carbocycles. The minimum absolute atomic E-state index is 0.507. The Hall–Kier alpha value is -0.570. The molecule has 0 aromatic carbocycles. The summed E-state index contributed by atoms with van der Waals surface area (Å²) in [6.45, 7) is 0. The third-order valence-electron chi connectivity index (χ3n) is 3.18.